The maximum absolute atomic E-state index is 12.4. The van der Waals surface area contributed by atoms with E-state index in [9.17, 15) is 13.8 Å². The van der Waals surface area contributed by atoms with Crippen molar-refractivity contribution in [2.75, 3.05) is 11.9 Å². The number of rotatable bonds is 7. The van der Waals surface area contributed by atoms with Crippen LogP contribution in [0.5, 0.6) is 0 Å². The number of furan rings is 1. The predicted molar refractivity (Wildman–Crippen MR) is 111 cm³/mol. The number of benzene rings is 2. The van der Waals surface area contributed by atoms with Crippen LogP contribution in [-0.2, 0) is 21.3 Å². The maximum Gasteiger partial charge on any atom is 0.338 e. The van der Waals surface area contributed by atoms with Gasteiger partial charge in [0.05, 0.1) is 28.7 Å². The van der Waals surface area contributed by atoms with E-state index in [0.29, 0.717) is 33.5 Å². The van der Waals surface area contributed by atoms with Crippen molar-refractivity contribution in [3.63, 3.8) is 0 Å². The van der Waals surface area contributed by atoms with Crippen LogP contribution in [0, 0.1) is 0 Å². The van der Waals surface area contributed by atoms with E-state index in [0.717, 1.165) is 0 Å². The fraction of sp³-hybridized carbons (Fsp3) is 0.143. The summed E-state index contributed by atoms with van der Waals surface area (Å²) in [5.74, 6) is -0.195. The molecule has 0 saturated heterocycles. The van der Waals surface area contributed by atoms with Crippen LogP contribution in [0.25, 0.3) is 0 Å². The number of hydrogen-bond acceptors (Lipinski definition) is 5. The first-order valence-corrected chi connectivity index (χ1v) is 10.5. The SMILES string of the molecule is CCOC(=O)c1ccc(NC(=O)c2ccc(C[S@](=O)c3ccc(Cl)cc3)o2)cc1. The summed E-state index contributed by atoms with van der Waals surface area (Å²) in [6.45, 7) is 2.02. The molecule has 8 heteroatoms. The van der Waals surface area contributed by atoms with E-state index in [1.165, 1.54) is 6.07 Å². The van der Waals surface area contributed by atoms with Crippen LogP contribution >= 0.6 is 11.6 Å². The van der Waals surface area contributed by atoms with Crippen molar-refractivity contribution in [2.24, 2.45) is 0 Å². The topological polar surface area (TPSA) is 85.6 Å². The van der Waals surface area contributed by atoms with Crippen LogP contribution in [0.4, 0.5) is 5.69 Å². The first kappa shape index (κ1) is 20.8. The van der Waals surface area contributed by atoms with Crippen LogP contribution in [0.15, 0.2) is 70.0 Å². The van der Waals surface area contributed by atoms with Crippen molar-refractivity contribution in [3.05, 3.63) is 82.8 Å². The van der Waals surface area contributed by atoms with E-state index in [1.54, 1.807) is 61.5 Å². The lowest BCUT2D eigenvalue weighted by Crippen LogP contribution is -2.11. The zero-order valence-electron chi connectivity index (χ0n) is 15.5. The van der Waals surface area contributed by atoms with Gasteiger partial charge in [0.25, 0.3) is 5.91 Å². The Balaban J connectivity index is 1.61. The van der Waals surface area contributed by atoms with Crippen molar-refractivity contribution in [3.8, 4) is 0 Å². The average molecular weight is 432 g/mol. The molecule has 1 amide bonds. The molecule has 0 saturated carbocycles. The quantitative estimate of drug-likeness (QED) is 0.549. The van der Waals surface area contributed by atoms with E-state index in [1.807, 2.05) is 0 Å². The van der Waals surface area contributed by atoms with Gasteiger partial charge in [-0.15, -0.1) is 0 Å². The number of esters is 1. The number of anilines is 1. The summed E-state index contributed by atoms with van der Waals surface area (Å²) >= 11 is 5.83. The molecule has 0 radical (unpaired) electrons. The Morgan fingerprint density at radius 2 is 1.72 bits per heavy atom. The minimum Gasteiger partial charge on any atom is -0.462 e. The van der Waals surface area contributed by atoms with Gasteiger partial charge in [-0.3, -0.25) is 9.00 Å². The van der Waals surface area contributed by atoms with Crippen molar-refractivity contribution in [2.45, 2.75) is 17.6 Å². The summed E-state index contributed by atoms with van der Waals surface area (Å²) < 4.78 is 22.8. The fourth-order valence-electron chi connectivity index (χ4n) is 2.47. The highest BCUT2D eigenvalue weighted by atomic mass is 35.5. The summed E-state index contributed by atoms with van der Waals surface area (Å²) in [6, 6.07) is 16.2. The van der Waals surface area contributed by atoms with E-state index in [2.05, 4.69) is 5.32 Å². The number of hydrogen-bond donors (Lipinski definition) is 1. The van der Waals surface area contributed by atoms with Crippen molar-refractivity contribution in [1.29, 1.82) is 0 Å². The molecule has 6 nitrogen and oxygen atoms in total. The Kier molecular flexibility index (Phi) is 6.85. The molecule has 0 aliphatic rings. The molecule has 1 N–H and O–H groups in total. The highest BCUT2D eigenvalue weighted by Gasteiger charge is 2.14. The largest absolute Gasteiger partial charge is 0.462 e. The van der Waals surface area contributed by atoms with Crippen molar-refractivity contribution in [1.82, 2.24) is 0 Å². The maximum atomic E-state index is 12.4. The molecular formula is C21H18ClNO5S. The smallest absolute Gasteiger partial charge is 0.338 e. The number of carbonyl (C=O) groups is 2. The van der Waals surface area contributed by atoms with E-state index in [-0.39, 0.29) is 11.5 Å². The van der Waals surface area contributed by atoms with Crippen LogP contribution in [0.3, 0.4) is 0 Å². The molecule has 1 atom stereocenters. The van der Waals surface area contributed by atoms with Gasteiger partial charge in [-0.05, 0) is 67.6 Å². The lowest BCUT2D eigenvalue weighted by molar-refractivity contribution is 0.0526. The van der Waals surface area contributed by atoms with Gasteiger partial charge < -0.3 is 14.5 Å². The molecule has 29 heavy (non-hydrogen) atoms. The molecule has 0 fully saturated rings. The van der Waals surface area contributed by atoms with Gasteiger partial charge in [0.2, 0.25) is 0 Å². The second-order valence-corrected chi connectivity index (χ2v) is 7.85. The third-order valence-electron chi connectivity index (χ3n) is 3.89. The molecule has 0 unspecified atom stereocenters. The first-order chi connectivity index (χ1) is 14.0. The number of carbonyl (C=O) groups excluding carboxylic acids is 2. The van der Waals surface area contributed by atoms with E-state index < -0.39 is 22.7 Å². The van der Waals surface area contributed by atoms with E-state index in [4.69, 9.17) is 20.8 Å². The van der Waals surface area contributed by atoms with Gasteiger partial charge in [-0.25, -0.2) is 4.79 Å². The Hall–Kier alpha value is -2.90. The highest BCUT2D eigenvalue weighted by molar-refractivity contribution is 7.84. The lowest BCUT2D eigenvalue weighted by Gasteiger charge is -2.05. The molecule has 0 spiro atoms. The Morgan fingerprint density at radius 3 is 2.38 bits per heavy atom. The van der Waals surface area contributed by atoms with Gasteiger partial charge in [0, 0.05) is 15.6 Å². The second-order valence-electron chi connectivity index (χ2n) is 5.96. The van der Waals surface area contributed by atoms with E-state index >= 15 is 0 Å². The average Bonchev–Trinajstić information content (AvgIpc) is 3.18. The third kappa shape index (κ3) is 5.56. The van der Waals surface area contributed by atoms with Crippen molar-refractivity contribution >= 4 is 40.0 Å². The lowest BCUT2D eigenvalue weighted by atomic mass is 10.2. The zero-order chi connectivity index (χ0) is 20.8. The monoisotopic (exact) mass is 431 g/mol. The molecule has 150 valence electrons. The zero-order valence-corrected chi connectivity index (χ0v) is 17.1. The van der Waals surface area contributed by atoms with Crippen LogP contribution in [-0.4, -0.2) is 22.7 Å². The van der Waals surface area contributed by atoms with Gasteiger partial charge in [-0.1, -0.05) is 11.6 Å². The summed E-state index contributed by atoms with van der Waals surface area (Å²) in [7, 11) is -1.32. The normalized spacial score (nSPS) is 11.7. The van der Waals surface area contributed by atoms with Gasteiger partial charge in [0.1, 0.15) is 5.76 Å². The fourth-order valence-corrected chi connectivity index (χ4v) is 3.62. The van der Waals surface area contributed by atoms with Crippen molar-refractivity contribution < 1.29 is 23.0 Å². The molecule has 0 bridgehead atoms. The van der Waals surface area contributed by atoms with Gasteiger partial charge in [0.15, 0.2) is 5.76 Å². The van der Waals surface area contributed by atoms with Crippen LogP contribution in [0.2, 0.25) is 5.02 Å². The number of halogens is 1. The molecule has 1 heterocycles. The molecule has 3 rings (SSSR count). The summed E-state index contributed by atoms with van der Waals surface area (Å²) in [6.07, 6.45) is 0. The third-order valence-corrected chi connectivity index (χ3v) is 5.49. The predicted octanol–water partition coefficient (Wildman–Crippen LogP) is 4.67. The Bertz CT molecular complexity index is 1030. The minimum atomic E-state index is -1.32. The Morgan fingerprint density at radius 1 is 1.03 bits per heavy atom. The summed E-state index contributed by atoms with van der Waals surface area (Å²) in [5, 5.41) is 3.25. The highest BCUT2D eigenvalue weighted by Crippen LogP contribution is 2.18. The van der Waals surface area contributed by atoms with Gasteiger partial charge in [-0.2, -0.15) is 0 Å². The molecule has 0 aliphatic carbocycles. The molecule has 2 aromatic carbocycles. The van der Waals surface area contributed by atoms with Gasteiger partial charge >= 0.3 is 5.97 Å². The molecule has 3 aromatic rings. The summed E-state index contributed by atoms with van der Waals surface area (Å²) in [5.41, 5.74) is 0.903. The Labute approximate surface area is 175 Å². The minimum absolute atomic E-state index is 0.0996. The van der Waals surface area contributed by atoms with Crippen LogP contribution < -0.4 is 5.32 Å². The molecule has 1 aromatic heterocycles. The number of ether oxygens (including phenoxy) is 1. The van der Waals surface area contributed by atoms with Crippen LogP contribution in [0.1, 0.15) is 33.6 Å². The first-order valence-electron chi connectivity index (χ1n) is 8.77. The summed E-state index contributed by atoms with van der Waals surface area (Å²) in [4.78, 5) is 24.6. The molecule has 0 aliphatic heterocycles. The standard InChI is InChI=1S/C21H18ClNO5S/c1-2-27-21(25)14-3-7-16(8-4-14)23-20(24)19-12-9-17(28-19)13-29(26)18-10-5-15(22)6-11-18/h3-12H,2,13H2,1H3,(H,23,24)/t29-/m0/s1. The number of nitrogens with one attached hydrogen (secondary N) is 1. The second kappa shape index (κ2) is 9.54. The molecular weight excluding hydrogens is 414 g/mol. The number of amides is 1.